The van der Waals surface area contributed by atoms with Crippen LogP contribution in [-0.4, -0.2) is 16.0 Å². The molecule has 1 atom stereocenters. The van der Waals surface area contributed by atoms with Gasteiger partial charge in [-0.15, -0.1) is 0 Å². The minimum atomic E-state index is 0.364. The van der Waals surface area contributed by atoms with E-state index >= 15 is 0 Å². The molecule has 0 radical (unpaired) electrons. The third-order valence-electron chi connectivity index (χ3n) is 3.48. The normalized spacial score (nSPS) is 12.0. The van der Waals surface area contributed by atoms with E-state index in [9.17, 15) is 0 Å². The number of benzene rings is 1. The first-order chi connectivity index (χ1) is 10.1. The van der Waals surface area contributed by atoms with Gasteiger partial charge in [0.25, 0.3) is 0 Å². The van der Waals surface area contributed by atoms with Gasteiger partial charge in [0.15, 0.2) is 0 Å². The number of rotatable bonds is 6. The second kappa shape index (κ2) is 7.07. The molecule has 2 N–H and O–H groups in total. The number of nitrogens with one attached hydrogen (secondary N) is 2. The minimum Gasteiger partial charge on any atom is -0.352 e. The van der Waals surface area contributed by atoms with Gasteiger partial charge in [-0.25, -0.2) is 4.98 Å². The number of anilines is 3. The van der Waals surface area contributed by atoms with Crippen molar-refractivity contribution >= 4 is 17.5 Å². The van der Waals surface area contributed by atoms with Crippen LogP contribution in [0.3, 0.4) is 0 Å². The van der Waals surface area contributed by atoms with Crippen LogP contribution in [0.5, 0.6) is 0 Å². The van der Waals surface area contributed by atoms with Crippen molar-refractivity contribution in [3.63, 3.8) is 0 Å². The van der Waals surface area contributed by atoms with Crippen LogP contribution in [0.1, 0.15) is 38.4 Å². The molecule has 112 valence electrons. The van der Waals surface area contributed by atoms with Crippen LogP contribution in [0.2, 0.25) is 0 Å². The summed E-state index contributed by atoms with van der Waals surface area (Å²) in [6, 6.07) is 10.7. The number of hydrogen-bond acceptors (Lipinski definition) is 4. The standard InChI is InChI=1S/C17H24N4/c1-5-12(3)18-17-19-13(4)11-16(21-17)20-15-9-7-14(6-2)8-10-15/h7-12H,5-6H2,1-4H3,(H2,18,19,20,21). The van der Waals surface area contributed by atoms with Gasteiger partial charge in [-0.1, -0.05) is 26.0 Å². The van der Waals surface area contributed by atoms with Crippen LogP contribution in [0, 0.1) is 6.92 Å². The summed E-state index contributed by atoms with van der Waals surface area (Å²) in [6.07, 6.45) is 2.09. The second-order valence-corrected chi connectivity index (χ2v) is 5.35. The van der Waals surface area contributed by atoms with Crippen molar-refractivity contribution in [2.75, 3.05) is 10.6 Å². The first-order valence-corrected chi connectivity index (χ1v) is 7.59. The Labute approximate surface area is 127 Å². The van der Waals surface area contributed by atoms with Crippen LogP contribution >= 0.6 is 0 Å². The van der Waals surface area contributed by atoms with Gasteiger partial charge >= 0.3 is 0 Å². The fraction of sp³-hybridized carbons (Fsp3) is 0.412. The second-order valence-electron chi connectivity index (χ2n) is 5.35. The van der Waals surface area contributed by atoms with E-state index in [4.69, 9.17) is 0 Å². The zero-order valence-electron chi connectivity index (χ0n) is 13.3. The maximum Gasteiger partial charge on any atom is 0.225 e. The highest BCUT2D eigenvalue weighted by molar-refractivity contribution is 5.58. The van der Waals surface area contributed by atoms with E-state index in [1.54, 1.807) is 0 Å². The molecule has 0 saturated heterocycles. The molecule has 21 heavy (non-hydrogen) atoms. The molecule has 0 spiro atoms. The lowest BCUT2D eigenvalue weighted by atomic mass is 10.1. The van der Waals surface area contributed by atoms with Crippen LogP contribution in [-0.2, 0) is 6.42 Å². The van der Waals surface area contributed by atoms with Gasteiger partial charge in [-0.05, 0) is 44.4 Å². The molecular formula is C17H24N4. The summed E-state index contributed by atoms with van der Waals surface area (Å²) in [7, 11) is 0. The number of nitrogens with zero attached hydrogens (tertiary/aromatic N) is 2. The molecule has 4 heteroatoms. The van der Waals surface area contributed by atoms with Gasteiger partial charge in [-0.2, -0.15) is 4.98 Å². The summed E-state index contributed by atoms with van der Waals surface area (Å²) >= 11 is 0. The Morgan fingerprint density at radius 3 is 2.43 bits per heavy atom. The van der Waals surface area contributed by atoms with Crippen LogP contribution in [0.4, 0.5) is 17.5 Å². The zero-order chi connectivity index (χ0) is 15.2. The first kappa shape index (κ1) is 15.3. The highest BCUT2D eigenvalue weighted by Gasteiger charge is 2.05. The van der Waals surface area contributed by atoms with Crippen molar-refractivity contribution < 1.29 is 0 Å². The smallest absolute Gasteiger partial charge is 0.225 e. The average molecular weight is 284 g/mol. The van der Waals surface area contributed by atoms with Crippen LogP contribution < -0.4 is 10.6 Å². The van der Waals surface area contributed by atoms with E-state index in [0.29, 0.717) is 12.0 Å². The molecule has 0 bridgehead atoms. The molecule has 0 fully saturated rings. The van der Waals surface area contributed by atoms with Crippen molar-refractivity contribution in [3.8, 4) is 0 Å². The van der Waals surface area contributed by atoms with Gasteiger partial charge in [0.2, 0.25) is 5.95 Å². The maximum atomic E-state index is 4.53. The largest absolute Gasteiger partial charge is 0.352 e. The Kier molecular flexibility index (Phi) is 5.14. The molecule has 0 aliphatic carbocycles. The molecule has 4 nitrogen and oxygen atoms in total. The summed E-state index contributed by atoms with van der Waals surface area (Å²) < 4.78 is 0. The summed E-state index contributed by atoms with van der Waals surface area (Å²) in [5.41, 5.74) is 3.32. The summed E-state index contributed by atoms with van der Waals surface area (Å²) in [5, 5.41) is 6.65. The van der Waals surface area contributed by atoms with Gasteiger partial charge < -0.3 is 10.6 Å². The molecule has 0 saturated carbocycles. The molecule has 1 unspecified atom stereocenters. The quantitative estimate of drug-likeness (QED) is 0.830. The molecule has 2 aromatic rings. The number of hydrogen-bond donors (Lipinski definition) is 2. The Morgan fingerprint density at radius 1 is 1.10 bits per heavy atom. The monoisotopic (exact) mass is 284 g/mol. The third-order valence-corrected chi connectivity index (χ3v) is 3.48. The van der Waals surface area contributed by atoms with E-state index < -0.39 is 0 Å². The van der Waals surface area contributed by atoms with E-state index in [1.807, 2.05) is 13.0 Å². The molecule has 0 aliphatic heterocycles. The van der Waals surface area contributed by atoms with Gasteiger partial charge in [0.1, 0.15) is 5.82 Å². The van der Waals surface area contributed by atoms with E-state index in [0.717, 1.165) is 30.0 Å². The molecule has 1 aromatic carbocycles. The van der Waals surface area contributed by atoms with E-state index in [-0.39, 0.29) is 0 Å². The van der Waals surface area contributed by atoms with Crippen molar-refractivity contribution in [1.29, 1.82) is 0 Å². The molecule has 0 aliphatic rings. The Bertz CT molecular complexity index is 578. The lowest BCUT2D eigenvalue weighted by Gasteiger charge is -2.13. The molecule has 2 rings (SSSR count). The van der Waals surface area contributed by atoms with Gasteiger partial charge in [0.05, 0.1) is 0 Å². The first-order valence-electron chi connectivity index (χ1n) is 7.59. The number of aryl methyl sites for hydroxylation is 2. The Hall–Kier alpha value is -2.10. The third kappa shape index (κ3) is 4.45. The maximum absolute atomic E-state index is 4.53. The Balaban J connectivity index is 2.14. The fourth-order valence-electron chi connectivity index (χ4n) is 1.99. The predicted octanol–water partition coefficient (Wildman–Crippen LogP) is 4.30. The van der Waals surface area contributed by atoms with Crippen LogP contribution in [0.25, 0.3) is 0 Å². The topological polar surface area (TPSA) is 49.8 Å². The van der Waals surface area contributed by atoms with Crippen molar-refractivity contribution in [2.24, 2.45) is 0 Å². The number of aromatic nitrogens is 2. The Morgan fingerprint density at radius 2 is 1.81 bits per heavy atom. The molecular weight excluding hydrogens is 260 g/mol. The van der Waals surface area contributed by atoms with E-state index in [1.165, 1.54) is 5.56 Å². The van der Waals surface area contributed by atoms with Crippen molar-refractivity contribution in [2.45, 2.75) is 46.6 Å². The van der Waals surface area contributed by atoms with Gasteiger partial charge in [-0.3, -0.25) is 0 Å². The minimum absolute atomic E-state index is 0.364. The van der Waals surface area contributed by atoms with Crippen LogP contribution in [0.15, 0.2) is 30.3 Å². The SMILES string of the molecule is CCc1ccc(Nc2cc(C)nc(NC(C)CC)n2)cc1. The summed E-state index contributed by atoms with van der Waals surface area (Å²) in [5.74, 6) is 1.49. The zero-order valence-corrected chi connectivity index (χ0v) is 13.3. The van der Waals surface area contributed by atoms with E-state index in [2.05, 4.69) is 65.6 Å². The van der Waals surface area contributed by atoms with Crippen molar-refractivity contribution in [1.82, 2.24) is 9.97 Å². The van der Waals surface area contributed by atoms with Crippen molar-refractivity contribution in [3.05, 3.63) is 41.6 Å². The highest BCUT2D eigenvalue weighted by Crippen LogP contribution is 2.18. The lowest BCUT2D eigenvalue weighted by Crippen LogP contribution is -2.16. The summed E-state index contributed by atoms with van der Waals surface area (Å²) in [4.78, 5) is 8.95. The summed E-state index contributed by atoms with van der Waals surface area (Å²) in [6.45, 7) is 8.40. The molecule has 1 heterocycles. The molecule has 1 aromatic heterocycles. The average Bonchev–Trinajstić information content (AvgIpc) is 2.47. The van der Waals surface area contributed by atoms with Gasteiger partial charge in [0, 0.05) is 23.5 Å². The predicted molar refractivity (Wildman–Crippen MR) is 89.2 cm³/mol. The fourth-order valence-corrected chi connectivity index (χ4v) is 1.99. The molecule has 0 amide bonds. The highest BCUT2D eigenvalue weighted by atomic mass is 15.2. The lowest BCUT2D eigenvalue weighted by molar-refractivity contribution is 0.752.